The maximum atomic E-state index is 13.0. The van der Waals surface area contributed by atoms with Gasteiger partial charge in [-0.05, 0) is 67.6 Å². The molecule has 9 heteroatoms. The van der Waals surface area contributed by atoms with Gasteiger partial charge in [-0.25, -0.2) is 21.2 Å². The Hall–Kier alpha value is -2.91. The lowest BCUT2D eigenvalue weighted by Crippen LogP contribution is -2.14. The van der Waals surface area contributed by atoms with Crippen molar-refractivity contribution in [1.29, 1.82) is 0 Å². The number of hydrogen-bond donors (Lipinski definition) is 2. The maximum absolute atomic E-state index is 13.0. The molecule has 0 aliphatic heterocycles. The van der Waals surface area contributed by atoms with Crippen LogP contribution in [-0.2, 0) is 20.0 Å². The van der Waals surface area contributed by atoms with Crippen LogP contribution in [0.1, 0.15) is 5.56 Å². The zero-order valence-electron chi connectivity index (χ0n) is 14.8. The van der Waals surface area contributed by atoms with Crippen molar-refractivity contribution in [2.45, 2.75) is 16.7 Å². The van der Waals surface area contributed by atoms with E-state index in [0.717, 1.165) is 29.8 Å². The van der Waals surface area contributed by atoms with Gasteiger partial charge in [0, 0.05) is 11.4 Å². The highest BCUT2D eigenvalue weighted by atomic mass is 32.2. The standard InChI is InChI=1S/C19H17FN2O4S2/c1-14-2-10-18(11-3-14)27(23,24)21-16-6-8-17(9-7-16)22-28(25,26)19-12-4-15(20)5-13-19/h2-13,21-22H,1H3. The number of rotatable bonds is 6. The monoisotopic (exact) mass is 420 g/mol. The molecule has 3 aromatic rings. The van der Waals surface area contributed by atoms with Crippen LogP contribution in [0.2, 0.25) is 0 Å². The molecule has 28 heavy (non-hydrogen) atoms. The molecule has 0 radical (unpaired) electrons. The van der Waals surface area contributed by atoms with Crippen molar-refractivity contribution in [3.63, 3.8) is 0 Å². The molecule has 0 fully saturated rings. The van der Waals surface area contributed by atoms with E-state index in [1.165, 1.54) is 36.4 Å². The Kier molecular flexibility index (Phi) is 5.39. The lowest BCUT2D eigenvalue weighted by Gasteiger charge is -2.11. The van der Waals surface area contributed by atoms with Gasteiger partial charge in [-0.2, -0.15) is 0 Å². The summed E-state index contributed by atoms with van der Waals surface area (Å²) in [7, 11) is -7.63. The lowest BCUT2D eigenvalue weighted by molar-refractivity contribution is 0.598. The van der Waals surface area contributed by atoms with Gasteiger partial charge in [0.05, 0.1) is 9.79 Å². The molecule has 6 nitrogen and oxygen atoms in total. The summed E-state index contributed by atoms with van der Waals surface area (Å²) in [6.07, 6.45) is 0. The van der Waals surface area contributed by atoms with E-state index < -0.39 is 25.9 Å². The molecule has 146 valence electrons. The largest absolute Gasteiger partial charge is 0.280 e. The Balaban J connectivity index is 1.74. The van der Waals surface area contributed by atoms with Gasteiger partial charge in [-0.3, -0.25) is 9.44 Å². The first-order valence-electron chi connectivity index (χ1n) is 8.14. The van der Waals surface area contributed by atoms with Crippen molar-refractivity contribution in [2.75, 3.05) is 9.44 Å². The summed E-state index contributed by atoms with van der Waals surface area (Å²) in [6.45, 7) is 1.86. The van der Waals surface area contributed by atoms with Crippen LogP contribution in [0, 0.1) is 12.7 Å². The van der Waals surface area contributed by atoms with Gasteiger partial charge < -0.3 is 0 Å². The summed E-state index contributed by atoms with van der Waals surface area (Å²) >= 11 is 0. The fraction of sp³-hybridized carbons (Fsp3) is 0.0526. The number of halogens is 1. The minimum atomic E-state index is -3.88. The average molecular weight is 420 g/mol. The summed E-state index contributed by atoms with van der Waals surface area (Å²) in [6, 6.07) is 16.5. The first kappa shape index (κ1) is 19.8. The highest BCUT2D eigenvalue weighted by Gasteiger charge is 2.16. The second kappa shape index (κ2) is 7.61. The van der Waals surface area contributed by atoms with Gasteiger partial charge in [0.2, 0.25) is 0 Å². The zero-order chi connectivity index (χ0) is 20.4. The van der Waals surface area contributed by atoms with E-state index in [1.807, 2.05) is 6.92 Å². The summed E-state index contributed by atoms with van der Waals surface area (Å²) in [5.41, 5.74) is 1.46. The Morgan fingerprint density at radius 2 is 0.964 bits per heavy atom. The number of benzene rings is 3. The van der Waals surface area contributed by atoms with Crippen molar-refractivity contribution >= 4 is 31.4 Å². The molecule has 0 saturated carbocycles. The predicted octanol–water partition coefficient (Wildman–Crippen LogP) is 3.74. The lowest BCUT2D eigenvalue weighted by atomic mass is 10.2. The molecule has 3 rings (SSSR count). The van der Waals surface area contributed by atoms with E-state index in [9.17, 15) is 21.2 Å². The number of aryl methyl sites for hydroxylation is 1. The molecule has 0 aliphatic carbocycles. The molecule has 0 unspecified atom stereocenters. The van der Waals surface area contributed by atoms with Crippen LogP contribution in [0.15, 0.2) is 82.6 Å². The topological polar surface area (TPSA) is 92.3 Å². The van der Waals surface area contributed by atoms with Crippen LogP contribution < -0.4 is 9.44 Å². The Labute approximate surface area is 163 Å². The van der Waals surface area contributed by atoms with E-state index in [4.69, 9.17) is 0 Å². The van der Waals surface area contributed by atoms with Gasteiger partial charge in [-0.15, -0.1) is 0 Å². The van der Waals surface area contributed by atoms with Crippen molar-refractivity contribution in [3.8, 4) is 0 Å². The minimum absolute atomic E-state index is 0.0851. The molecule has 0 amide bonds. The van der Waals surface area contributed by atoms with Crippen molar-refractivity contribution in [1.82, 2.24) is 0 Å². The zero-order valence-corrected chi connectivity index (χ0v) is 16.4. The summed E-state index contributed by atoms with van der Waals surface area (Å²) < 4.78 is 67.1. The first-order valence-corrected chi connectivity index (χ1v) is 11.1. The summed E-state index contributed by atoms with van der Waals surface area (Å²) in [5, 5.41) is 0. The third-order valence-corrected chi connectivity index (χ3v) is 6.64. The molecule has 0 bridgehead atoms. The molecule has 0 aliphatic rings. The van der Waals surface area contributed by atoms with Gasteiger partial charge in [0.25, 0.3) is 20.0 Å². The fourth-order valence-corrected chi connectivity index (χ4v) is 4.48. The average Bonchev–Trinajstić information content (AvgIpc) is 2.64. The molecule has 0 spiro atoms. The van der Waals surface area contributed by atoms with E-state index in [1.54, 1.807) is 12.1 Å². The number of nitrogens with one attached hydrogen (secondary N) is 2. The van der Waals surface area contributed by atoms with Crippen LogP contribution in [0.5, 0.6) is 0 Å². The second-order valence-electron chi connectivity index (χ2n) is 6.06. The van der Waals surface area contributed by atoms with Crippen LogP contribution in [0.4, 0.5) is 15.8 Å². The third kappa shape index (κ3) is 4.68. The molecular formula is C19H17FN2O4S2. The summed E-state index contributed by atoms with van der Waals surface area (Å²) in [4.78, 5) is 0.0391. The van der Waals surface area contributed by atoms with E-state index in [0.29, 0.717) is 0 Å². The first-order chi connectivity index (χ1) is 13.2. The molecule has 2 N–H and O–H groups in total. The fourth-order valence-electron chi connectivity index (χ4n) is 2.37. The second-order valence-corrected chi connectivity index (χ2v) is 9.42. The van der Waals surface area contributed by atoms with Crippen LogP contribution in [0.3, 0.4) is 0 Å². The van der Waals surface area contributed by atoms with Crippen molar-refractivity contribution < 1.29 is 21.2 Å². The van der Waals surface area contributed by atoms with E-state index in [2.05, 4.69) is 9.44 Å². The van der Waals surface area contributed by atoms with Crippen LogP contribution in [0.25, 0.3) is 0 Å². The van der Waals surface area contributed by atoms with Gasteiger partial charge in [0.15, 0.2) is 0 Å². The molecular weight excluding hydrogens is 403 g/mol. The van der Waals surface area contributed by atoms with Crippen LogP contribution in [-0.4, -0.2) is 16.8 Å². The number of hydrogen-bond acceptors (Lipinski definition) is 4. The molecule has 3 aromatic carbocycles. The summed E-state index contributed by atoms with van der Waals surface area (Å²) in [5.74, 6) is -0.538. The maximum Gasteiger partial charge on any atom is 0.261 e. The number of anilines is 2. The Morgan fingerprint density at radius 3 is 1.36 bits per heavy atom. The smallest absolute Gasteiger partial charge is 0.261 e. The molecule has 0 aromatic heterocycles. The quantitative estimate of drug-likeness (QED) is 0.635. The van der Waals surface area contributed by atoms with Crippen molar-refractivity contribution in [2.24, 2.45) is 0 Å². The minimum Gasteiger partial charge on any atom is -0.280 e. The molecule has 0 atom stereocenters. The van der Waals surface area contributed by atoms with Gasteiger partial charge >= 0.3 is 0 Å². The van der Waals surface area contributed by atoms with Crippen LogP contribution >= 0.6 is 0 Å². The highest BCUT2D eigenvalue weighted by molar-refractivity contribution is 7.93. The number of sulfonamides is 2. The Morgan fingerprint density at radius 1 is 0.607 bits per heavy atom. The SMILES string of the molecule is Cc1ccc(S(=O)(=O)Nc2ccc(NS(=O)(=O)c3ccc(F)cc3)cc2)cc1. The third-order valence-electron chi connectivity index (χ3n) is 3.84. The molecule has 0 heterocycles. The van der Waals surface area contributed by atoms with E-state index in [-0.39, 0.29) is 21.2 Å². The van der Waals surface area contributed by atoms with Crippen molar-refractivity contribution in [3.05, 3.63) is 84.2 Å². The van der Waals surface area contributed by atoms with E-state index >= 15 is 0 Å². The predicted molar refractivity (Wildman–Crippen MR) is 106 cm³/mol. The van der Waals surface area contributed by atoms with Gasteiger partial charge in [0.1, 0.15) is 5.82 Å². The molecule has 0 saturated heterocycles. The normalized spacial score (nSPS) is 11.8. The van der Waals surface area contributed by atoms with Gasteiger partial charge in [-0.1, -0.05) is 17.7 Å². The highest BCUT2D eigenvalue weighted by Crippen LogP contribution is 2.21. The Bertz CT molecular complexity index is 1080.